The fraction of sp³-hybridized carbons (Fsp3) is 0.304. The molecule has 1 aliphatic heterocycles. The average molecular weight is 486 g/mol. The number of anilines is 2. The van der Waals surface area contributed by atoms with Crippen molar-refractivity contribution >= 4 is 46.3 Å². The van der Waals surface area contributed by atoms with Crippen molar-refractivity contribution in [3.63, 3.8) is 0 Å². The molecule has 1 saturated heterocycles. The van der Waals surface area contributed by atoms with Crippen LogP contribution in [0.25, 0.3) is 0 Å². The summed E-state index contributed by atoms with van der Waals surface area (Å²) in [5.41, 5.74) is 1.31. The predicted octanol–water partition coefficient (Wildman–Crippen LogP) is 5.25. The van der Waals surface area contributed by atoms with E-state index in [1.165, 1.54) is 11.3 Å². The lowest BCUT2D eigenvalue weighted by Crippen LogP contribution is -2.41. The van der Waals surface area contributed by atoms with Crippen molar-refractivity contribution < 1.29 is 14.3 Å². The van der Waals surface area contributed by atoms with E-state index in [9.17, 15) is 9.59 Å². The van der Waals surface area contributed by atoms with Crippen LogP contribution >= 0.6 is 22.9 Å². The van der Waals surface area contributed by atoms with E-state index in [-0.39, 0.29) is 22.9 Å². The van der Waals surface area contributed by atoms with Crippen molar-refractivity contribution in [3.8, 4) is 5.75 Å². The molecule has 2 heterocycles. The predicted molar refractivity (Wildman–Crippen MR) is 129 cm³/mol. The van der Waals surface area contributed by atoms with Crippen molar-refractivity contribution in [1.29, 1.82) is 0 Å². The molecule has 0 radical (unpaired) electrons. The summed E-state index contributed by atoms with van der Waals surface area (Å²) in [6, 6.07) is 14.1. The lowest BCUT2D eigenvalue weighted by Gasteiger charge is -2.31. The van der Waals surface area contributed by atoms with Crippen molar-refractivity contribution in [1.82, 2.24) is 15.1 Å². The summed E-state index contributed by atoms with van der Waals surface area (Å²) >= 11 is 7.23. The number of rotatable bonds is 6. The van der Waals surface area contributed by atoms with Crippen molar-refractivity contribution in [2.75, 3.05) is 30.3 Å². The average Bonchev–Trinajstić information content (AvgIpc) is 3.31. The zero-order valence-electron chi connectivity index (χ0n) is 18.1. The molecule has 1 aliphatic rings. The van der Waals surface area contributed by atoms with Gasteiger partial charge in [0.1, 0.15) is 10.8 Å². The van der Waals surface area contributed by atoms with Gasteiger partial charge in [0.15, 0.2) is 0 Å². The summed E-state index contributed by atoms with van der Waals surface area (Å²) in [7, 11) is 0. The van der Waals surface area contributed by atoms with Crippen LogP contribution in [0.3, 0.4) is 0 Å². The SMILES string of the molecule is CCOc1ccc(NC(=O)N2CCCC(c3nnc(C(=O)Nc4cccc(Cl)c4)s3)C2)cc1. The van der Waals surface area contributed by atoms with Crippen LogP contribution < -0.4 is 15.4 Å². The van der Waals surface area contributed by atoms with Gasteiger partial charge in [0.05, 0.1) is 6.61 Å². The monoisotopic (exact) mass is 485 g/mol. The van der Waals surface area contributed by atoms with E-state index < -0.39 is 0 Å². The Morgan fingerprint density at radius 3 is 2.73 bits per heavy atom. The summed E-state index contributed by atoms with van der Waals surface area (Å²) in [6.07, 6.45) is 1.74. The number of halogens is 1. The Morgan fingerprint density at radius 2 is 1.97 bits per heavy atom. The van der Waals surface area contributed by atoms with Gasteiger partial charge in [0.2, 0.25) is 5.01 Å². The minimum absolute atomic E-state index is 0.0371. The zero-order chi connectivity index (χ0) is 23.2. The van der Waals surface area contributed by atoms with Gasteiger partial charge in [-0.3, -0.25) is 4.79 Å². The normalized spacial score (nSPS) is 15.7. The molecular formula is C23H24ClN5O3S. The van der Waals surface area contributed by atoms with Crippen LogP contribution in [0.15, 0.2) is 48.5 Å². The maximum Gasteiger partial charge on any atom is 0.321 e. The summed E-state index contributed by atoms with van der Waals surface area (Å²) in [5, 5.41) is 15.6. The number of hydrogen-bond donors (Lipinski definition) is 2. The van der Waals surface area contributed by atoms with Gasteiger partial charge in [0, 0.05) is 35.4 Å². The summed E-state index contributed by atoms with van der Waals surface area (Å²) in [5.74, 6) is 0.469. The lowest BCUT2D eigenvalue weighted by atomic mass is 9.99. The fourth-order valence-corrected chi connectivity index (χ4v) is 4.66. The summed E-state index contributed by atoms with van der Waals surface area (Å²) < 4.78 is 5.43. The second-order valence-electron chi connectivity index (χ2n) is 7.58. The highest BCUT2D eigenvalue weighted by Gasteiger charge is 2.28. The molecule has 0 spiro atoms. The molecule has 8 nitrogen and oxygen atoms in total. The smallest absolute Gasteiger partial charge is 0.321 e. The molecule has 1 aromatic heterocycles. The summed E-state index contributed by atoms with van der Waals surface area (Å²) in [4.78, 5) is 27.1. The van der Waals surface area contributed by atoms with Gasteiger partial charge in [-0.25, -0.2) is 4.79 Å². The number of carbonyl (C=O) groups excluding carboxylic acids is 2. The van der Waals surface area contributed by atoms with Gasteiger partial charge in [-0.15, -0.1) is 10.2 Å². The molecule has 1 atom stereocenters. The maximum absolute atomic E-state index is 12.8. The highest BCUT2D eigenvalue weighted by Crippen LogP contribution is 2.30. The number of nitrogens with one attached hydrogen (secondary N) is 2. The van der Waals surface area contributed by atoms with Crippen molar-refractivity contribution in [3.05, 3.63) is 63.6 Å². The minimum atomic E-state index is -0.332. The van der Waals surface area contributed by atoms with Crippen molar-refractivity contribution in [2.24, 2.45) is 0 Å². The minimum Gasteiger partial charge on any atom is -0.494 e. The first-order valence-corrected chi connectivity index (χ1v) is 11.9. The molecule has 2 aromatic carbocycles. The molecule has 0 bridgehead atoms. The molecule has 1 fully saturated rings. The van der Waals surface area contributed by atoms with Crippen LogP contribution in [0.1, 0.15) is 40.5 Å². The van der Waals surface area contributed by atoms with Crippen molar-refractivity contribution in [2.45, 2.75) is 25.7 Å². The molecule has 2 N–H and O–H groups in total. The summed E-state index contributed by atoms with van der Waals surface area (Å²) in [6.45, 7) is 3.71. The number of urea groups is 1. The Labute approximate surface area is 200 Å². The largest absolute Gasteiger partial charge is 0.494 e. The zero-order valence-corrected chi connectivity index (χ0v) is 19.7. The molecule has 10 heteroatoms. The first-order chi connectivity index (χ1) is 16.0. The molecule has 172 valence electrons. The molecular weight excluding hydrogens is 462 g/mol. The van der Waals surface area contributed by atoms with E-state index >= 15 is 0 Å². The van der Waals surface area contributed by atoms with Crippen LogP contribution in [0.4, 0.5) is 16.2 Å². The second-order valence-corrected chi connectivity index (χ2v) is 9.03. The number of hydrogen-bond acceptors (Lipinski definition) is 6. The Morgan fingerprint density at radius 1 is 1.15 bits per heavy atom. The molecule has 3 amide bonds. The number of amides is 3. The van der Waals surface area contributed by atoms with E-state index in [2.05, 4.69) is 20.8 Å². The quantitative estimate of drug-likeness (QED) is 0.496. The molecule has 33 heavy (non-hydrogen) atoms. The van der Waals surface area contributed by atoms with E-state index in [0.717, 1.165) is 23.6 Å². The fourth-order valence-electron chi connectivity index (χ4n) is 3.61. The molecule has 1 unspecified atom stereocenters. The Bertz CT molecular complexity index is 1120. The van der Waals surface area contributed by atoms with Gasteiger partial charge in [-0.2, -0.15) is 0 Å². The van der Waals surface area contributed by atoms with Gasteiger partial charge in [0.25, 0.3) is 5.91 Å². The third-order valence-corrected chi connectivity index (χ3v) is 6.51. The van der Waals surface area contributed by atoms with Crippen LogP contribution in [0.5, 0.6) is 5.75 Å². The highest BCUT2D eigenvalue weighted by molar-refractivity contribution is 7.13. The topological polar surface area (TPSA) is 96.4 Å². The van der Waals surface area contributed by atoms with E-state index in [1.54, 1.807) is 29.2 Å². The number of benzene rings is 2. The number of ether oxygens (including phenoxy) is 1. The lowest BCUT2D eigenvalue weighted by molar-refractivity contribution is 0.102. The Kier molecular flexibility index (Phi) is 7.41. The maximum atomic E-state index is 12.8. The third-order valence-electron chi connectivity index (χ3n) is 5.19. The third kappa shape index (κ3) is 6.00. The Balaban J connectivity index is 1.35. The number of aromatic nitrogens is 2. The van der Waals surface area contributed by atoms with Gasteiger partial charge < -0.3 is 20.3 Å². The highest BCUT2D eigenvalue weighted by atomic mass is 35.5. The van der Waals surface area contributed by atoms with Crippen LogP contribution in [-0.2, 0) is 0 Å². The van der Waals surface area contributed by atoms with Crippen LogP contribution in [-0.4, -0.2) is 46.7 Å². The first-order valence-electron chi connectivity index (χ1n) is 10.7. The molecule has 0 saturated carbocycles. The molecule has 0 aliphatic carbocycles. The standard InChI is InChI=1S/C23H24ClN5O3S/c1-2-32-19-10-8-17(9-11-19)26-23(31)29-12-4-5-15(14-29)21-27-28-22(33-21)20(30)25-18-7-3-6-16(24)13-18/h3,6-11,13,15H,2,4-5,12,14H2,1H3,(H,25,30)(H,26,31). The number of carbonyl (C=O) groups is 2. The Hall–Kier alpha value is -3.17. The first kappa shape index (κ1) is 23.0. The van der Waals surface area contributed by atoms with E-state index in [0.29, 0.717) is 36.1 Å². The van der Waals surface area contributed by atoms with Gasteiger partial charge in [-0.1, -0.05) is 29.0 Å². The van der Waals surface area contributed by atoms with E-state index in [1.807, 2.05) is 31.2 Å². The number of nitrogens with zero attached hydrogens (tertiary/aromatic N) is 3. The van der Waals surface area contributed by atoms with Gasteiger partial charge in [-0.05, 0) is 62.2 Å². The molecule has 3 aromatic rings. The van der Waals surface area contributed by atoms with Gasteiger partial charge >= 0.3 is 6.03 Å². The second kappa shape index (κ2) is 10.6. The van der Waals surface area contributed by atoms with E-state index in [4.69, 9.17) is 16.3 Å². The number of piperidine rings is 1. The molecule has 4 rings (SSSR count). The van der Waals surface area contributed by atoms with Crippen LogP contribution in [0, 0.1) is 0 Å². The van der Waals surface area contributed by atoms with Crippen LogP contribution in [0.2, 0.25) is 5.02 Å². The number of likely N-dealkylation sites (tertiary alicyclic amines) is 1.